The van der Waals surface area contributed by atoms with Gasteiger partial charge >= 0.3 is 0 Å². The summed E-state index contributed by atoms with van der Waals surface area (Å²) in [5.74, 6) is 0.317. The molecule has 1 atom stereocenters. The third kappa shape index (κ3) is 3.72. The Kier molecular flexibility index (Phi) is 5.14. The van der Waals surface area contributed by atoms with Crippen molar-refractivity contribution in [3.05, 3.63) is 81.9 Å². The molecule has 0 bridgehead atoms. The maximum absolute atomic E-state index is 12.5. The number of amides is 1. The molecule has 0 aliphatic carbocycles. The highest BCUT2D eigenvalue weighted by molar-refractivity contribution is 8.03. The zero-order valence-corrected chi connectivity index (χ0v) is 14.5. The molecule has 1 N–H and O–H groups in total. The Bertz CT molecular complexity index is 858. The Labute approximate surface area is 150 Å². The van der Waals surface area contributed by atoms with Crippen molar-refractivity contribution in [2.75, 3.05) is 5.75 Å². The van der Waals surface area contributed by atoms with Crippen LogP contribution in [0.25, 0.3) is 0 Å². The van der Waals surface area contributed by atoms with E-state index in [2.05, 4.69) is 5.32 Å². The number of aldehydes is 1. The van der Waals surface area contributed by atoms with Gasteiger partial charge in [0.2, 0.25) is 0 Å². The Morgan fingerprint density at radius 3 is 2.56 bits per heavy atom. The van der Waals surface area contributed by atoms with Crippen LogP contribution < -0.4 is 5.32 Å². The summed E-state index contributed by atoms with van der Waals surface area (Å²) in [7, 11) is 0. The van der Waals surface area contributed by atoms with Crippen LogP contribution in [0.3, 0.4) is 0 Å². The number of carbonyl (C=O) groups is 3. The van der Waals surface area contributed by atoms with E-state index in [1.54, 1.807) is 18.2 Å². The SMILES string of the molecule is CC(=O)C1=C(NC(=O)c2cccc(C=O)c2)SCC1c1ccccc1. The fourth-order valence-electron chi connectivity index (χ4n) is 2.87. The van der Waals surface area contributed by atoms with Crippen LogP contribution in [-0.4, -0.2) is 23.7 Å². The minimum Gasteiger partial charge on any atom is -0.316 e. The first-order chi connectivity index (χ1) is 12.1. The highest BCUT2D eigenvalue weighted by Crippen LogP contribution is 2.41. The molecule has 5 heteroatoms. The van der Waals surface area contributed by atoms with E-state index in [9.17, 15) is 14.4 Å². The summed E-state index contributed by atoms with van der Waals surface area (Å²) < 4.78 is 0. The number of Topliss-reactive ketones (excluding diaryl/α,β-unsaturated/α-hetero) is 1. The number of allylic oxidation sites excluding steroid dienone is 1. The summed E-state index contributed by atoms with van der Waals surface area (Å²) in [6.07, 6.45) is 0.701. The maximum atomic E-state index is 12.5. The lowest BCUT2D eigenvalue weighted by Gasteiger charge is -2.13. The molecule has 1 heterocycles. The second-order valence-electron chi connectivity index (χ2n) is 5.77. The topological polar surface area (TPSA) is 63.2 Å². The van der Waals surface area contributed by atoms with Crippen molar-refractivity contribution in [3.8, 4) is 0 Å². The van der Waals surface area contributed by atoms with Gasteiger partial charge in [-0.2, -0.15) is 0 Å². The molecule has 126 valence electrons. The highest BCUT2D eigenvalue weighted by atomic mass is 32.2. The van der Waals surface area contributed by atoms with Crippen molar-refractivity contribution in [2.45, 2.75) is 12.8 Å². The van der Waals surface area contributed by atoms with Crippen LogP contribution in [0.1, 0.15) is 39.1 Å². The summed E-state index contributed by atoms with van der Waals surface area (Å²) in [5, 5.41) is 3.44. The van der Waals surface area contributed by atoms with Crippen LogP contribution in [0, 0.1) is 0 Å². The Morgan fingerprint density at radius 1 is 1.12 bits per heavy atom. The van der Waals surface area contributed by atoms with Gasteiger partial charge in [0.1, 0.15) is 6.29 Å². The standard InChI is InChI=1S/C20H17NO3S/c1-13(23)18-17(15-7-3-2-4-8-15)12-25-20(18)21-19(24)16-9-5-6-14(10-16)11-22/h2-11,17H,12H2,1H3,(H,21,24). The zero-order chi connectivity index (χ0) is 17.8. The van der Waals surface area contributed by atoms with Crippen LogP contribution in [0.15, 0.2) is 65.2 Å². The van der Waals surface area contributed by atoms with E-state index in [-0.39, 0.29) is 17.6 Å². The second kappa shape index (κ2) is 7.49. The van der Waals surface area contributed by atoms with Crippen molar-refractivity contribution in [2.24, 2.45) is 0 Å². The first-order valence-corrected chi connectivity index (χ1v) is 8.88. The molecule has 1 unspecified atom stereocenters. The van der Waals surface area contributed by atoms with Crippen LogP contribution in [0.2, 0.25) is 0 Å². The van der Waals surface area contributed by atoms with Gasteiger partial charge in [-0.3, -0.25) is 14.4 Å². The lowest BCUT2D eigenvalue weighted by molar-refractivity contribution is -0.113. The minimum atomic E-state index is -0.321. The summed E-state index contributed by atoms with van der Waals surface area (Å²) >= 11 is 1.47. The van der Waals surface area contributed by atoms with Gasteiger partial charge in [-0.1, -0.05) is 42.5 Å². The van der Waals surface area contributed by atoms with Gasteiger partial charge in [0.05, 0.1) is 5.03 Å². The summed E-state index contributed by atoms with van der Waals surface area (Å²) in [6.45, 7) is 1.52. The third-order valence-corrected chi connectivity index (χ3v) is 5.19. The van der Waals surface area contributed by atoms with Crippen LogP contribution >= 0.6 is 11.8 Å². The van der Waals surface area contributed by atoms with E-state index in [1.165, 1.54) is 24.8 Å². The van der Waals surface area contributed by atoms with Gasteiger partial charge in [0.25, 0.3) is 5.91 Å². The molecule has 0 saturated heterocycles. The number of carbonyl (C=O) groups excluding carboxylic acids is 3. The van der Waals surface area contributed by atoms with E-state index in [4.69, 9.17) is 0 Å². The van der Waals surface area contributed by atoms with Crippen molar-refractivity contribution in [3.63, 3.8) is 0 Å². The molecule has 0 saturated carbocycles. The van der Waals surface area contributed by atoms with E-state index in [1.807, 2.05) is 30.3 Å². The molecule has 0 radical (unpaired) electrons. The number of ketones is 1. The Morgan fingerprint density at radius 2 is 1.88 bits per heavy atom. The molecule has 1 aliphatic rings. The Balaban J connectivity index is 1.89. The fourth-order valence-corrected chi connectivity index (χ4v) is 4.17. The van der Waals surface area contributed by atoms with Crippen LogP contribution in [0.4, 0.5) is 0 Å². The fraction of sp³-hybridized carbons (Fsp3) is 0.150. The molecular weight excluding hydrogens is 334 g/mol. The van der Waals surface area contributed by atoms with Crippen molar-refractivity contribution in [1.82, 2.24) is 5.32 Å². The Hall–Kier alpha value is -2.66. The second-order valence-corrected chi connectivity index (χ2v) is 6.80. The number of benzene rings is 2. The monoisotopic (exact) mass is 351 g/mol. The predicted octanol–water partition coefficient (Wildman–Crippen LogP) is 3.56. The molecule has 0 aromatic heterocycles. The van der Waals surface area contributed by atoms with Crippen LogP contribution in [-0.2, 0) is 4.79 Å². The predicted molar refractivity (Wildman–Crippen MR) is 98.6 cm³/mol. The molecule has 0 fully saturated rings. The van der Waals surface area contributed by atoms with E-state index >= 15 is 0 Å². The van der Waals surface area contributed by atoms with Gasteiger partial charge in [-0.25, -0.2) is 0 Å². The third-order valence-electron chi connectivity index (χ3n) is 4.08. The number of hydrogen-bond acceptors (Lipinski definition) is 4. The molecule has 3 rings (SSSR count). The average molecular weight is 351 g/mol. The normalized spacial score (nSPS) is 16.6. The quantitative estimate of drug-likeness (QED) is 0.837. The molecule has 1 aliphatic heterocycles. The van der Waals surface area contributed by atoms with Gasteiger partial charge in [0, 0.05) is 28.4 Å². The van der Waals surface area contributed by atoms with Gasteiger partial charge in [-0.15, -0.1) is 11.8 Å². The number of nitrogens with one attached hydrogen (secondary N) is 1. The van der Waals surface area contributed by atoms with Crippen molar-refractivity contribution < 1.29 is 14.4 Å². The maximum Gasteiger partial charge on any atom is 0.256 e. The number of thioether (sulfide) groups is 1. The van der Waals surface area contributed by atoms with Gasteiger partial charge in [0.15, 0.2) is 5.78 Å². The summed E-state index contributed by atoms with van der Waals surface area (Å²) in [6, 6.07) is 16.3. The number of rotatable bonds is 5. The molecule has 0 spiro atoms. The number of hydrogen-bond donors (Lipinski definition) is 1. The molecule has 2 aromatic carbocycles. The molecule has 25 heavy (non-hydrogen) atoms. The average Bonchev–Trinajstić information content (AvgIpc) is 3.06. The largest absolute Gasteiger partial charge is 0.316 e. The molecular formula is C20H17NO3S. The zero-order valence-electron chi connectivity index (χ0n) is 13.7. The molecule has 1 amide bonds. The minimum absolute atomic E-state index is 0.0275. The van der Waals surface area contributed by atoms with E-state index in [0.717, 1.165) is 5.56 Å². The van der Waals surface area contributed by atoms with Gasteiger partial charge < -0.3 is 5.32 Å². The first-order valence-electron chi connectivity index (χ1n) is 7.89. The van der Waals surface area contributed by atoms with Crippen LogP contribution in [0.5, 0.6) is 0 Å². The molecule has 4 nitrogen and oxygen atoms in total. The smallest absolute Gasteiger partial charge is 0.256 e. The van der Waals surface area contributed by atoms with Crippen molar-refractivity contribution >= 4 is 29.7 Å². The van der Waals surface area contributed by atoms with E-state index in [0.29, 0.717) is 33.8 Å². The summed E-state index contributed by atoms with van der Waals surface area (Å²) in [5.41, 5.74) is 2.53. The van der Waals surface area contributed by atoms with E-state index < -0.39 is 0 Å². The lowest BCUT2D eigenvalue weighted by Crippen LogP contribution is -2.23. The lowest BCUT2D eigenvalue weighted by atomic mass is 9.91. The highest BCUT2D eigenvalue weighted by Gasteiger charge is 2.31. The van der Waals surface area contributed by atoms with Gasteiger partial charge in [-0.05, 0) is 24.6 Å². The molecule has 2 aromatic rings. The summed E-state index contributed by atoms with van der Waals surface area (Å²) in [4.78, 5) is 35.6. The van der Waals surface area contributed by atoms with Crippen molar-refractivity contribution in [1.29, 1.82) is 0 Å². The first kappa shape index (κ1) is 17.2.